The summed E-state index contributed by atoms with van der Waals surface area (Å²) in [6.45, 7) is 5.64. The number of nitrogens with one attached hydrogen (secondary N) is 1. The summed E-state index contributed by atoms with van der Waals surface area (Å²) in [6.07, 6.45) is -0.836. The van der Waals surface area contributed by atoms with E-state index in [1.165, 1.54) is 0 Å². The van der Waals surface area contributed by atoms with Crippen LogP contribution in [0, 0.1) is 0 Å². The van der Waals surface area contributed by atoms with E-state index in [1.807, 2.05) is 18.2 Å². The van der Waals surface area contributed by atoms with Gasteiger partial charge in [0.15, 0.2) is 5.78 Å². The number of aliphatic hydroxyl groups excluding tert-OH is 1. The molecule has 0 spiro atoms. The third kappa shape index (κ3) is 4.78. The Labute approximate surface area is 176 Å². The summed E-state index contributed by atoms with van der Waals surface area (Å²) in [5.74, 6) is 0.160. The average molecular weight is 420 g/mol. The molecule has 29 heavy (non-hydrogen) atoms. The van der Waals surface area contributed by atoms with Gasteiger partial charge in [0, 0.05) is 23.2 Å². The van der Waals surface area contributed by atoms with Gasteiger partial charge >= 0.3 is 5.97 Å². The molecular formula is C22H26ClNO5. The summed E-state index contributed by atoms with van der Waals surface area (Å²) >= 11 is 0. The molecule has 1 unspecified atom stereocenters. The minimum absolute atomic E-state index is 0. The quantitative estimate of drug-likeness (QED) is 0.546. The zero-order valence-corrected chi connectivity index (χ0v) is 17.5. The molecule has 0 saturated carbocycles. The molecule has 0 fully saturated rings. The predicted molar refractivity (Wildman–Crippen MR) is 113 cm³/mol. The monoisotopic (exact) mass is 419 g/mol. The fourth-order valence-electron chi connectivity index (χ4n) is 3.16. The van der Waals surface area contributed by atoms with Gasteiger partial charge in [-0.2, -0.15) is 0 Å². The fourth-order valence-corrected chi connectivity index (χ4v) is 3.16. The van der Waals surface area contributed by atoms with E-state index in [-0.39, 0.29) is 37.3 Å². The van der Waals surface area contributed by atoms with Crippen molar-refractivity contribution in [2.45, 2.75) is 32.4 Å². The van der Waals surface area contributed by atoms with Crippen molar-refractivity contribution in [3.05, 3.63) is 53.6 Å². The summed E-state index contributed by atoms with van der Waals surface area (Å²) in [7, 11) is 0. The van der Waals surface area contributed by atoms with Crippen LogP contribution in [0.4, 0.5) is 0 Å². The lowest BCUT2D eigenvalue weighted by Crippen LogP contribution is -2.51. The van der Waals surface area contributed by atoms with E-state index in [1.54, 1.807) is 45.0 Å². The zero-order valence-electron chi connectivity index (χ0n) is 16.7. The van der Waals surface area contributed by atoms with Crippen LogP contribution in [-0.2, 0) is 9.53 Å². The van der Waals surface area contributed by atoms with Gasteiger partial charge in [0.2, 0.25) is 0 Å². The SMILES string of the molecule is CCOC(=O)C(C)(C)NCC(O)COc1cccc2c1-c1ccccc1C2=O.Cl. The molecule has 156 valence electrons. The van der Waals surface area contributed by atoms with E-state index in [0.717, 1.165) is 11.1 Å². The maximum absolute atomic E-state index is 12.5. The Morgan fingerprint density at radius 3 is 2.45 bits per heavy atom. The number of ether oxygens (including phenoxy) is 2. The van der Waals surface area contributed by atoms with Gasteiger partial charge < -0.3 is 14.6 Å². The largest absolute Gasteiger partial charge is 0.490 e. The van der Waals surface area contributed by atoms with Crippen molar-refractivity contribution >= 4 is 24.2 Å². The zero-order chi connectivity index (χ0) is 20.3. The summed E-state index contributed by atoms with van der Waals surface area (Å²) < 4.78 is 10.8. The molecule has 1 aliphatic rings. The van der Waals surface area contributed by atoms with Crippen LogP contribution >= 0.6 is 12.4 Å². The van der Waals surface area contributed by atoms with Crippen LogP contribution in [0.5, 0.6) is 5.75 Å². The smallest absolute Gasteiger partial charge is 0.325 e. The number of benzene rings is 2. The number of ketones is 1. The Balaban J connectivity index is 0.00000300. The highest BCUT2D eigenvalue weighted by molar-refractivity contribution is 6.22. The van der Waals surface area contributed by atoms with Crippen LogP contribution in [0.15, 0.2) is 42.5 Å². The first-order chi connectivity index (χ1) is 13.3. The molecule has 0 aliphatic heterocycles. The van der Waals surface area contributed by atoms with E-state index in [4.69, 9.17) is 9.47 Å². The van der Waals surface area contributed by atoms with Crippen molar-refractivity contribution in [2.24, 2.45) is 0 Å². The first-order valence-corrected chi connectivity index (χ1v) is 9.35. The lowest BCUT2D eigenvalue weighted by Gasteiger charge is -2.25. The standard InChI is InChI=1S/C22H25NO5.ClH/c1-4-27-21(26)22(2,3)23-12-14(24)13-28-18-11-7-10-17-19(18)15-8-5-6-9-16(15)20(17)25;/h5-11,14,23-24H,4,12-13H2,1-3H3;1H. The van der Waals surface area contributed by atoms with E-state index in [0.29, 0.717) is 23.5 Å². The van der Waals surface area contributed by atoms with Gasteiger partial charge in [-0.05, 0) is 32.4 Å². The highest BCUT2D eigenvalue weighted by atomic mass is 35.5. The molecule has 1 atom stereocenters. The first-order valence-electron chi connectivity index (χ1n) is 9.35. The molecule has 2 aromatic carbocycles. The van der Waals surface area contributed by atoms with Crippen LogP contribution in [0.2, 0.25) is 0 Å². The van der Waals surface area contributed by atoms with Gasteiger partial charge in [-0.1, -0.05) is 36.4 Å². The van der Waals surface area contributed by atoms with Crippen LogP contribution in [0.3, 0.4) is 0 Å². The Hall–Kier alpha value is -2.41. The summed E-state index contributed by atoms with van der Waals surface area (Å²) in [5, 5.41) is 13.3. The van der Waals surface area contributed by atoms with Crippen molar-refractivity contribution in [1.82, 2.24) is 5.32 Å². The highest BCUT2D eigenvalue weighted by Crippen LogP contribution is 2.42. The number of fused-ring (bicyclic) bond motifs is 3. The molecule has 6 nitrogen and oxygen atoms in total. The minimum Gasteiger partial charge on any atom is -0.490 e. The molecule has 0 bridgehead atoms. The topological polar surface area (TPSA) is 84.9 Å². The van der Waals surface area contributed by atoms with E-state index >= 15 is 0 Å². The number of aliphatic hydroxyl groups is 1. The number of carbonyl (C=O) groups excluding carboxylic acids is 2. The number of hydrogen-bond acceptors (Lipinski definition) is 6. The van der Waals surface area contributed by atoms with E-state index in [9.17, 15) is 14.7 Å². The number of esters is 1. The molecule has 0 heterocycles. The average Bonchev–Trinajstić information content (AvgIpc) is 2.98. The molecule has 0 aromatic heterocycles. The lowest BCUT2D eigenvalue weighted by molar-refractivity contribution is -0.149. The molecule has 7 heteroatoms. The number of β-amino-alcohol motifs (C(OH)–C–C–N with tert-alkyl or cyclic N) is 1. The molecule has 0 amide bonds. The van der Waals surface area contributed by atoms with Crippen LogP contribution < -0.4 is 10.1 Å². The Bertz CT molecular complexity index is 897. The Kier molecular flexibility index (Phi) is 7.41. The Morgan fingerprint density at radius 1 is 1.10 bits per heavy atom. The summed E-state index contributed by atoms with van der Waals surface area (Å²) in [6, 6.07) is 12.8. The first kappa shape index (κ1) is 22.9. The second-order valence-electron chi connectivity index (χ2n) is 7.24. The highest BCUT2D eigenvalue weighted by Gasteiger charge is 2.30. The number of hydrogen-bond donors (Lipinski definition) is 2. The third-order valence-corrected chi connectivity index (χ3v) is 4.71. The van der Waals surface area contributed by atoms with Crippen molar-refractivity contribution < 1.29 is 24.2 Å². The third-order valence-electron chi connectivity index (χ3n) is 4.71. The molecular weight excluding hydrogens is 394 g/mol. The lowest BCUT2D eigenvalue weighted by atomic mass is 10.0. The van der Waals surface area contributed by atoms with Gasteiger partial charge in [0.25, 0.3) is 0 Å². The number of halogens is 1. The number of rotatable bonds is 8. The predicted octanol–water partition coefficient (Wildman–Crippen LogP) is 2.99. The van der Waals surface area contributed by atoms with E-state index in [2.05, 4.69) is 5.32 Å². The fraction of sp³-hybridized carbons (Fsp3) is 0.364. The van der Waals surface area contributed by atoms with Crippen molar-refractivity contribution in [3.63, 3.8) is 0 Å². The molecule has 0 saturated heterocycles. The summed E-state index contributed by atoms with van der Waals surface area (Å²) in [5.41, 5.74) is 1.96. The Morgan fingerprint density at radius 2 is 1.76 bits per heavy atom. The van der Waals surface area contributed by atoms with Crippen LogP contribution in [0.1, 0.15) is 36.7 Å². The maximum Gasteiger partial charge on any atom is 0.325 e. The second-order valence-corrected chi connectivity index (χ2v) is 7.24. The van der Waals surface area contributed by atoms with Gasteiger partial charge in [-0.25, -0.2) is 0 Å². The van der Waals surface area contributed by atoms with Crippen molar-refractivity contribution in [3.8, 4) is 16.9 Å². The van der Waals surface area contributed by atoms with E-state index < -0.39 is 11.6 Å². The molecule has 2 aromatic rings. The molecule has 3 rings (SSSR count). The number of carbonyl (C=O) groups is 2. The van der Waals surface area contributed by atoms with Crippen LogP contribution in [-0.4, -0.2) is 48.3 Å². The van der Waals surface area contributed by atoms with Gasteiger partial charge in [0.1, 0.15) is 24.0 Å². The minimum atomic E-state index is -0.906. The van der Waals surface area contributed by atoms with Crippen molar-refractivity contribution in [1.29, 1.82) is 0 Å². The summed E-state index contributed by atoms with van der Waals surface area (Å²) in [4.78, 5) is 24.5. The normalized spacial score (nSPS) is 13.2. The maximum atomic E-state index is 12.5. The van der Waals surface area contributed by atoms with Gasteiger partial charge in [-0.3, -0.25) is 14.9 Å². The molecule has 0 radical (unpaired) electrons. The van der Waals surface area contributed by atoms with Gasteiger partial charge in [-0.15, -0.1) is 12.4 Å². The van der Waals surface area contributed by atoms with Crippen molar-refractivity contribution in [2.75, 3.05) is 19.8 Å². The molecule has 2 N–H and O–H groups in total. The van der Waals surface area contributed by atoms with Gasteiger partial charge in [0.05, 0.1) is 6.61 Å². The molecule has 1 aliphatic carbocycles. The van der Waals surface area contributed by atoms with Crippen LogP contribution in [0.25, 0.3) is 11.1 Å². The second kappa shape index (κ2) is 9.39.